The molecular formula is C21H27N3O4S2. The van der Waals surface area contributed by atoms with E-state index in [2.05, 4.69) is 22.3 Å². The molecule has 1 N–H and O–H groups in total. The van der Waals surface area contributed by atoms with Gasteiger partial charge in [-0.1, -0.05) is 30.3 Å². The number of morpholine rings is 1. The summed E-state index contributed by atoms with van der Waals surface area (Å²) in [5.74, 6) is -0.0884. The summed E-state index contributed by atoms with van der Waals surface area (Å²) in [7, 11) is -3.17. The maximum Gasteiger partial charge on any atom is 0.261 e. The fraction of sp³-hybridized carbons (Fsp3) is 0.476. The van der Waals surface area contributed by atoms with E-state index in [9.17, 15) is 13.2 Å². The first-order chi connectivity index (χ1) is 14.4. The molecule has 0 spiro atoms. The molecule has 2 aromatic rings. The van der Waals surface area contributed by atoms with Crippen LogP contribution in [0, 0.1) is 0 Å². The summed E-state index contributed by atoms with van der Waals surface area (Å²) in [6, 6.07) is 12.1. The van der Waals surface area contributed by atoms with Crippen LogP contribution in [0.1, 0.15) is 22.5 Å². The molecule has 30 heavy (non-hydrogen) atoms. The van der Waals surface area contributed by atoms with Gasteiger partial charge in [0.2, 0.25) is 10.0 Å². The van der Waals surface area contributed by atoms with Crippen molar-refractivity contribution in [3.8, 4) is 11.1 Å². The Morgan fingerprint density at radius 2 is 1.77 bits per heavy atom. The standard InChI is InChI=1S/C21H27N3O4S2/c1-30(26,27)24-9-7-17(8-10-24)22-20(25)19-15-18(16-5-3-2-4-6-16)21(29-19)23-11-13-28-14-12-23/h2-6,15,17H,7-14H2,1H3,(H,22,25). The van der Waals surface area contributed by atoms with Crippen molar-refractivity contribution < 1.29 is 17.9 Å². The number of ether oxygens (including phenoxy) is 1. The fourth-order valence-electron chi connectivity index (χ4n) is 3.91. The number of nitrogens with zero attached hydrogens (tertiary/aromatic N) is 2. The number of benzene rings is 1. The molecule has 1 aromatic carbocycles. The van der Waals surface area contributed by atoms with E-state index in [4.69, 9.17) is 4.74 Å². The molecule has 7 nitrogen and oxygen atoms in total. The summed E-state index contributed by atoms with van der Waals surface area (Å²) < 4.78 is 30.3. The van der Waals surface area contributed by atoms with Gasteiger partial charge in [0.25, 0.3) is 5.91 Å². The van der Waals surface area contributed by atoms with Crippen LogP contribution in [0.3, 0.4) is 0 Å². The topological polar surface area (TPSA) is 79.0 Å². The third-order valence-electron chi connectivity index (χ3n) is 5.58. The van der Waals surface area contributed by atoms with Crippen molar-refractivity contribution >= 4 is 32.3 Å². The molecular weight excluding hydrogens is 422 g/mol. The number of carbonyl (C=O) groups is 1. The molecule has 0 saturated carbocycles. The number of hydrogen-bond acceptors (Lipinski definition) is 6. The molecule has 0 radical (unpaired) electrons. The lowest BCUT2D eigenvalue weighted by molar-refractivity contribution is 0.0928. The molecule has 162 valence electrons. The molecule has 0 bridgehead atoms. The maximum atomic E-state index is 13.0. The lowest BCUT2D eigenvalue weighted by Gasteiger charge is -2.30. The van der Waals surface area contributed by atoms with Crippen molar-refractivity contribution in [3.63, 3.8) is 0 Å². The van der Waals surface area contributed by atoms with Gasteiger partial charge in [-0.2, -0.15) is 0 Å². The Morgan fingerprint density at radius 1 is 1.10 bits per heavy atom. The monoisotopic (exact) mass is 449 g/mol. The molecule has 1 amide bonds. The van der Waals surface area contributed by atoms with E-state index < -0.39 is 10.0 Å². The first-order valence-electron chi connectivity index (χ1n) is 10.2. The lowest BCUT2D eigenvalue weighted by Crippen LogP contribution is -2.46. The molecule has 0 atom stereocenters. The molecule has 2 aliphatic rings. The summed E-state index contributed by atoms with van der Waals surface area (Å²) in [5, 5.41) is 4.21. The van der Waals surface area contributed by atoms with Gasteiger partial charge in [-0.15, -0.1) is 11.3 Å². The first-order valence-corrected chi connectivity index (χ1v) is 12.9. The van der Waals surface area contributed by atoms with Gasteiger partial charge >= 0.3 is 0 Å². The van der Waals surface area contributed by atoms with Crippen LogP contribution in [0.25, 0.3) is 11.1 Å². The van der Waals surface area contributed by atoms with Crippen LogP contribution in [-0.4, -0.2) is 70.3 Å². The van der Waals surface area contributed by atoms with Gasteiger partial charge in [-0.25, -0.2) is 12.7 Å². The van der Waals surface area contributed by atoms with Gasteiger partial charge in [0.05, 0.1) is 29.3 Å². The molecule has 4 rings (SSSR count). The number of carbonyl (C=O) groups excluding carboxylic acids is 1. The minimum absolute atomic E-state index is 0.00962. The summed E-state index contributed by atoms with van der Waals surface area (Å²) in [6.07, 6.45) is 2.49. The Labute approximate surface area is 181 Å². The second kappa shape index (κ2) is 9.05. The van der Waals surface area contributed by atoms with E-state index in [1.807, 2.05) is 24.3 Å². The smallest absolute Gasteiger partial charge is 0.261 e. The number of hydrogen-bond donors (Lipinski definition) is 1. The third-order valence-corrected chi connectivity index (χ3v) is 8.08. The number of sulfonamides is 1. The zero-order valence-electron chi connectivity index (χ0n) is 17.0. The van der Waals surface area contributed by atoms with Crippen molar-refractivity contribution in [2.45, 2.75) is 18.9 Å². The van der Waals surface area contributed by atoms with Crippen molar-refractivity contribution in [3.05, 3.63) is 41.3 Å². The van der Waals surface area contributed by atoms with Crippen molar-refractivity contribution in [2.75, 3.05) is 50.5 Å². The molecule has 2 saturated heterocycles. The van der Waals surface area contributed by atoms with E-state index in [1.165, 1.54) is 21.9 Å². The van der Waals surface area contributed by atoms with Crippen LogP contribution in [0.15, 0.2) is 36.4 Å². The van der Waals surface area contributed by atoms with Crippen LogP contribution in [0.4, 0.5) is 5.00 Å². The Hall–Kier alpha value is -1.94. The molecule has 2 aliphatic heterocycles. The number of nitrogens with one attached hydrogen (secondary N) is 1. The van der Waals surface area contributed by atoms with Crippen LogP contribution >= 0.6 is 11.3 Å². The minimum atomic E-state index is -3.17. The zero-order chi connectivity index (χ0) is 21.1. The fourth-order valence-corrected chi connectivity index (χ4v) is 5.92. The van der Waals surface area contributed by atoms with Crippen LogP contribution in [-0.2, 0) is 14.8 Å². The molecule has 0 aliphatic carbocycles. The highest BCUT2D eigenvalue weighted by atomic mass is 32.2. The quantitative estimate of drug-likeness (QED) is 0.758. The Morgan fingerprint density at radius 3 is 2.40 bits per heavy atom. The first kappa shape index (κ1) is 21.3. The van der Waals surface area contributed by atoms with Gasteiger partial charge in [0.1, 0.15) is 0 Å². The largest absolute Gasteiger partial charge is 0.378 e. The van der Waals surface area contributed by atoms with E-state index in [-0.39, 0.29) is 11.9 Å². The summed E-state index contributed by atoms with van der Waals surface area (Å²) >= 11 is 1.51. The van der Waals surface area contributed by atoms with E-state index in [0.29, 0.717) is 44.0 Å². The van der Waals surface area contributed by atoms with Gasteiger partial charge < -0.3 is 15.0 Å². The lowest BCUT2D eigenvalue weighted by atomic mass is 10.1. The van der Waals surface area contributed by atoms with Crippen LogP contribution < -0.4 is 10.2 Å². The number of rotatable bonds is 5. The zero-order valence-corrected chi connectivity index (χ0v) is 18.7. The second-order valence-electron chi connectivity index (χ2n) is 7.70. The second-order valence-corrected chi connectivity index (χ2v) is 10.7. The SMILES string of the molecule is CS(=O)(=O)N1CCC(NC(=O)c2cc(-c3ccccc3)c(N3CCOCC3)s2)CC1. The molecule has 3 heterocycles. The van der Waals surface area contributed by atoms with E-state index >= 15 is 0 Å². The Kier molecular flexibility index (Phi) is 6.43. The summed E-state index contributed by atoms with van der Waals surface area (Å²) in [6.45, 7) is 3.89. The van der Waals surface area contributed by atoms with Gasteiger partial charge in [-0.3, -0.25) is 4.79 Å². The number of anilines is 1. The molecule has 1 aromatic heterocycles. The number of thiophene rings is 1. The number of amides is 1. The van der Waals surface area contributed by atoms with Crippen LogP contribution in [0.2, 0.25) is 0 Å². The predicted octanol–water partition coefficient (Wildman–Crippen LogP) is 2.41. The Bertz CT molecular complexity index is 977. The van der Waals surface area contributed by atoms with Crippen molar-refractivity contribution in [1.29, 1.82) is 0 Å². The van der Waals surface area contributed by atoms with Crippen LogP contribution in [0.5, 0.6) is 0 Å². The van der Waals surface area contributed by atoms with Gasteiger partial charge in [0, 0.05) is 37.8 Å². The van der Waals surface area contributed by atoms with Gasteiger partial charge in [0.15, 0.2) is 0 Å². The van der Waals surface area contributed by atoms with Crippen molar-refractivity contribution in [2.24, 2.45) is 0 Å². The highest BCUT2D eigenvalue weighted by molar-refractivity contribution is 7.88. The van der Waals surface area contributed by atoms with E-state index in [0.717, 1.165) is 29.2 Å². The van der Waals surface area contributed by atoms with E-state index in [1.54, 1.807) is 0 Å². The summed E-state index contributed by atoms with van der Waals surface area (Å²) in [4.78, 5) is 16.0. The molecule has 0 unspecified atom stereocenters. The van der Waals surface area contributed by atoms with Gasteiger partial charge in [-0.05, 0) is 24.5 Å². The summed E-state index contributed by atoms with van der Waals surface area (Å²) in [5.41, 5.74) is 2.16. The average Bonchev–Trinajstić information content (AvgIpc) is 3.20. The normalized spacial score (nSPS) is 19.0. The minimum Gasteiger partial charge on any atom is -0.378 e. The highest BCUT2D eigenvalue weighted by Crippen LogP contribution is 2.39. The number of piperidine rings is 1. The average molecular weight is 450 g/mol. The maximum absolute atomic E-state index is 13.0. The van der Waals surface area contributed by atoms with Crippen molar-refractivity contribution in [1.82, 2.24) is 9.62 Å². The molecule has 9 heteroatoms. The third kappa shape index (κ3) is 4.85. The highest BCUT2D eigenvalue weighted by Gasteiger charge is 2.27. The predicted molar refractivity (Wildman–Crippen MR) is 120 cm³/mol. The Balaban J connectivity index is 1.51. The molecule has 2 fully saturated rings.